The standard InChI is InChI=1S/C17H22N2O2/c1-17(2,3)21-16(20)19-11-10-18-15-9-8-13-6-4-5-7-14(13)12-15/h4-9,12,18H,10-11H2,1-3H3,(H,19,20). The van der Waals surface area contributed by atoms with E-state index >= 15 is 0 Å². The number of nitrogens with one attached hydrogen (secondary N) is 2. The Morgan fingerprint density at radius 2 is 1.76 bits per heavy atom. The van der Waals surface area contributed by atoms with Crippen molar-refractivity contribution in [2.45, 2.75) is 26.4 Å². The van der Waals surface area contributed by atoms with Crippen LogP contribution >= 0.6 is 0 Å². The third-order valence-electron chi connectivity index (χ3n) is 2.87. The smallest absolute Gasteiger partial charge is 0.407 e. The van der Waals surface area contributed by atoms with Gasteiger partial charge < -0.3 is 15.4 Å². The lowest BCUT2D eigenvalue weighted by Gasteiger charge is -2.19. The molecular formula is C17H22N2O2. The number of hydrogen-bond acceptors (Lipinski definition) is 3. The fraction of sp³-hybridized carbons (Fsp3) is 0.353. The van der Waals surface area contributed by atoms with Crippen molar-refractivity contribution in [3.05, 3.63) is 42.5 Å². The van der Waals surface area contributed by atoms with Crippen LogP contribution in [0.4, 0.5) is 10.5 Å². The molecule has 0 saturated carbocycles. The van der Waals surface area contributed by atoms with Gasteiger partial charge in [0.1, 0.15) is 5.60 Å². The molecule has 2 aromatic rings. The maximum absolute atomic E-state index is 11.5. The first-order valence-electron chi connectivity index (χ1n) is 7.13. The summed E-state index contributed by atoms with van der Waals surface area (Å²) in [5.41, 5.74) is 0.579. The van der Waals surface area contributed by atoms with E-state index in [1.165, 1.54) is 10.8 Å². The van der Waals surface area contributed by atoms with Crippen LogP contribution in [0.25, 0.3) is 10.8 Å². The minimum Gasteiger partial charge on any atom is -0.444 e. The summed E-state index contributed by atoms with van der Waals surface area (Å²) in [6, 6.07) is 14.4. The largest absolute Gasteiger partial charge is 0.444 e. The molecule has 0 unspecified atom stereocenters. The zero-order chi connectivity index (χ0) is 15.3. The third kappa shape index (κ3) is 4.99. The first kappa shape index (κ1) is 15.2. The summed E-state index contributed by atoms with van der Waals surface area (Å²) < 4.78 is 5.17. The molecule has 0 aliphatic carbocycles. The number of carbonyl (C=O) groups excluding carboxylic acids is 1. The van der Waals surface area contributed by atoms with Crippen LogP contribution in [0.3, 0.4) is 0 Å². The number of carbonyl (C=O) groups is 1. The lowest BCUT2D eigenvalue weighted by molar-refractivity contribution is 0.0530. The molecule has 2 aromatic carbocycles. The Labute approximate surface area is 125 Å². The molecular weight excluding hydrogens is 264 g/mol. The molecule has 0 radical (unpaired) electrons. The first-order chi connectivity index (χ1) is 9.94. The van der Waals surface area contributed by atoms with Crippen molar-refractivity contribution in [2.24, 2.45) is 0 Å². The van der Waals surface area contributed by atoms with E-state index in [4.69, 9.17) is 4.74 Å². The Kier molecular flexibility index (Phi) is 4.68. The second-order valence-electron chi connectivity index (χ2n) is 5.92. The van der Waals surface area contributed by atoms with Gasteiger partial charge in [0, 0.05) is 18.8 Å². The zero-order valence-corrected chi connectivity index (χ0v) is 12.8. The lowest BCUT2D eigenvalue weighted by Crippen LogP contribution is -2.34. The van der Waals surface area contributed by atoms with Crippen LogP contribution in [0, 0.1) is 0 Å². The van der Waals surface area contributed by atoms with Crippen LogP contribution in [0.2, 0.25) is 0 Å². The van der Waals surface area contributed by atoms with Crippen molar-refractivity contribution in [1.29, 1.82) is 0 Å². The van der Waals surface area contributed by atoms with Gasteiger partial charge in [-0.05, 0) is 43.7 Å². The van der Waals surface area contributed by atoms with Crippen LogP contribution in [-0.2, 0) is 4.74 Å². The number of fused-ring (bicyclic) bond motifs is 1. The van der Waals surface area contributed by atoms with E-state index in [0.717, 1.165) is 5.69 Å². The monoisotopic (exact) mass is 286 g/mol. The third-order valence-corrected chi connectivity index (χ3v) is 2.87. The Hall–Kier alpha value is -2.23. The minimum absolute atomic E-state index is 0.386. The average Bonchev–Trinajstić information content (AvgIpc) is 2.41. The van der Waals surface area contributed by atoms with Crippen LogP contribution in [0.5, 0.6) is 0 Å². The predicted molar refractivity (Wildman–Crippen MR) is 86.7 cm³/mol. The normalized spacial score (nSPS) is 11.2. The maximum Gasteiger partial charge on any atom is 0.407 e. The number of amides is 1. The summed E-state index contributed by atoms with van der Waals surface area (Å²) >= 11 is 0. The van der Waals surface area contributed by atoms with Crippen molar-refractivity contribution in [1.82, 2.24) is 5.32 Å². The number of rotatable bonds is 4. The summed E-state index contributed by atoms with van der Waals surface area (Å²) in [5, 5.41) is 8.42. The summed E-state index contributed by atoms with van der Waals surface area (Å²) in [6.45, 7) is 6.71. The second kappa shape index (κ2) is 6.48. The number of anilines is 1. The van der Waals surface area contributed by atoms with Gasteiger partial charge in [0.2, 0.25) is 0 Å². The van der Waals surface area contributed by atoms with Gasteiger partial charge in [-0.25, -0.2) is 4.79 Å². The molecule has 4 nitrogen and oxygen atoms in total. The van der Waals surface area contributed by atoms with E-state index in [1.807, 2.05) is 39.0 Å². The lowest BCUT2D eigenvalue weighted by atomic mass is 10.1. The molecule has 0 saturated heterocycles. The van der Waals surface area contributed by atoms with E-state index in [-0.39, 0.29) is 6.09 Å². The molecule has 2 N–H and O–H groups in total. The van der Waals surface area contributed by atoms with Gasteiger partial charge in [-0.3, -0.25) is 0 Å². The van der Waals surface area contributed by atoms with Crippen molar-refractivity contribution in [3.8, 4) is 0 Å². The van der Waals surface area contributed by atoms with Gasteiger partial charge in [-0.15, -0.1) is 0 Å². The Bertz CT molecular complexity index is 617. The van der Waals surface area contributed by atoms with Crippen LogP contribution in [0.1, 0.15) is 20.8 Å². The fourth-order valence-electron chi connectivity index (χ4n) is 1.98. The van der Waals surface area contributed by atoms with Crippen LogP contribution < -0.4 is 10.6 Å². The van der Waals surface area contributed by atoms with E-state index in [2.05, 4.69) is 34.9 Å². The molecule has 112 valence electrons. The molecule has 0 aliphatic rings. The highest BCUT2D eigenvalue weighted by Gasteiger charge is 2.15. The Morgan fingerprint density at radius 1 is 1.05 bits per heavy atom. The molecule has 0 aliphatic heterocycles. The predicted octanol–water partition coefficient (Wildman–Crippen LogP) is 3.78. The molecule has 2 rings (SSSR count). The highest BCUT2D eigenvalue weighted by atomic mass is 16.6. The zero-order valence-electron chi connectivity index (χ0n) is 12.8. The minimum atomic E-state index is -0.462. The van der Waals surface area contributed by atoms with E-state index in [9.17, 15) is 4.79 Å². The quantitative estimate of drug-likeness (QED) is 0.841. The van der Waals surface area contributed by atoms with Gasteiger partial charge in [0.25, 0.3) is 0 Å². The average molecular weight is 286 g/mol. The highest BCUT2D eigenvalue weighted by Crippen LogP contribution is 2.18. The summed E-state index contributed by atoms with van der Waals surface area (Å²) in [7, 11) is 0. The first-order valence-corrected chi connectivity index (χ1v) is 7.13. The number of hydrogen-bond donors (Lipinski definition) is 2. The summed E-state index contributed by atoms with van der Waals surface area (Å²) in [4.78, 5) is 11.5. The van der Waals surface area contributed by atoms with Gasteiger partial charge >= 0.3 is 6.09 Å². The number of benzene rings is 2. The molecule has 0 atom stereocenters. The number of alkyl carbamates (subject to hydrolysis) is 1. The highest BCUT2D eigenvalue weighted by molar-refractivity contribution is 5.85. The summed E-state index contributed by atoms with van der Waals surface area (Å²) in [6.07, 6.45) is -0.386. The van der Waals surface area contributed by atoms with Crippen molar-refractivity contribution >= 4 is 22.6 Å². The molecule has 21 heavy (non-hydrogen) atoms. The Balaban J connectivity index is 1.79. The molecule has 0 aromatic heterocycles. The molecule has 1 amide bonds. The number of ether oxygens (including phenoxy) is 1. The molecule has 0 bridgehead atoms. The van der Waals surface area contributed by atoms with Crippen LogP contribution in [0.15, 0.2) is 42.5 Å². The van der Waals surface area contributed by atoms with E-state index in [1.54, 1.807) is 0 Å². The van der Waals surface area contributed by atoms with Crippen molar-refractivity contribution in [3.63, 3.8) is 0 Å². The summed E-state index contributed by atoms with van der Waals surface area (Å²) in [5.74, 6) is 0. The topological polar surface area (TPSA) is 50.4 Å². The van der Waals surface area contributed by atoms with Gasteiger partial charge in [0.15, 0.2) is 0 Å². The van der Waals surface area contributed by atoms with E-state index < -0.39 is 5.60 Å². The Morgan fingerprint density at radius 3 is 2.48 bits per heavy atom. The maximum atomic E-state index is 11.5. The second-order valence-corrected chi connectivity index (χ2v) is 5.92. The van der Waals surface area contributed by atoms with Gasteiger partial charge in [0.05, 0.1) is 0 Å². The van der Waals surface area contributed by atoms with Gasteiger partial charge in [-0.2, -0.15) is 0 Å². The van der Waals surface area contributed by atoms with Crippen LogP contribution in [-0.4, -0.2) is 24.8 Å². The molecule has 0 fully saturated rings. The molecule has 4 heteroatoms. The SMILES string of the molecule is CC(C)(C)OC(=O)NCCNc1ccc2ccccc2c1. The van der Waals surface area contributed by atoms with Crippen molar-refractivity contribution < 1.29 is 9.53 Å². The van der Waals surface area contributed by atoms with Crippen molar-refractivity contribution in [2.75, 3.05) is 18.4 Å². The molecule has 0 heterocycles. The fourth-order valence-corrected chi connectivity index (χ4v) is 1.98. The molecule has 0 spiro atoms. The van der Waals surface area contributed by atoms with Gasteiger partial charge in [-0.1, -0.05) is 30.3 Å². The van der Waals surface area contributed by atoms with E-state index in [0.29, 0.717) is 13.1 Å².